The Kier molecular flexibility index (Phi) is 6.82. The third-order valence-corrected chi connectivity index (χ3v) is 8.04. The van der Waals surface area contributed by atoms with Crippen molar-refractivity contribution < 1.29 is 13.2 Å². The molecule has 1 aromatic heterocycles. The van der Waals surface area contributed by atoms with Crippen molar-refractivity contribution in [3.05, 3.63) is 76.1 Å². The van der Waals surface area contributed by atoms with Gasteiger partial charge in [0.05, 0.1) is 22.2 Å². The van der Waals surface area contributed by atoms with Gasteiger partial charge in [-0.3, -0.25) is 9.59 Å². The molecular formula is C25H25N5O4S. The van der Waals surface area contributed by atoms with Gasteiger partial charge in [0.15, 0.2) is 0 Å². The lowest BCUT2D eigenvalue weighted by molar-refractivity contribution is -0.119. The second-order valence-corrected chi connectivity index (χ2v) is 10.4. The maximum Gasteiger partial charge on any atom is 0.267 e. The molecule has 2 heterocycles. The Morgan fingerprint density at radius 1 is 1.11 bits per heavy atom. The van der Waals surface area contributed by atoms with E-state index < -0.39 is 27.5 Å². The number of aryl methyl sites for hydroxylation is 1. The van der Waals surface area contributed by atoms with Gasteiger partial charge in [-0.1, -0.05) is 18.2 Å². The first-order valence-corrected chi connectivity index (χ1v) is 12.7. The van der Waals surface area contributed by atoms with E-state index in [0.717, 1.165) is 17.5 Å². The first kappa shape index (κ1) is 24.3. The van der Waals surface area contributed by atoms with Crippen LogP contribution in [0.4, 0.5) is 5.69 Å². The molecule has 2 aromatic carbocycles. The van der Waals surface area contributed by atoms with Gasteiger partial charge in [0.25, 0.3) is 5.56 Å². The fraction of sp³-hybridized carbons (Fsp3) is 0.280. The first-order valence-electron chi connectivity index (χ1n) is 11.2. The monoisotopic (exact) mass is 491 g/mol. The topological polar surface area (TPSA) is 125 Å². The molecule has 1 N–H and O–H groups in total. The van der Waals surface area contributed by atoms with Crippen LogP contribution in [0.3, 0.4) is 0 Å². The molecule has 0 aliphatic carbocycles. The summed E-state index contributed by atoms with van der Waals surface area (Å²) in [6.45, 7) is 4.28. The van der Waals surface area contributed by atoms with E-state index in [2.05, 4.69) is 10.4 Å². The molecule has 9 nitrogen and oxygen atoms in total. The smallest absolute Gasteiger partial charge is 0.267 e. The predicted molar refractivity (Wildman–Crippen MR) is 131 cm³/mol. The van der Waals surface area contributed by atoms with Crippen LogP contribution in [-0.4, -0.2) is 41.5 Å². The predicted octanol–water partition coefficient (Wildman–Crippen LogP) is 3.07. The van der Waals surface area contributed by atoms with Crippen molar-refractivity contribution in [2.24, 2.45) is 0 Å². The number of benzene rings is 2. The van der Waals surface area contributed by atoms with E-state index in [4.69, 9.17) is 5.26 Å². The molecular weight excluding hydrogens is 466 g/mol. The summed E-state index contributed by atoms with van der Waals surface area (Å²) in [7, 11) is -3.64. The quantitative estimate of drug-likeness (QED) is 0.565. The summed E-state index contributed by atoms with van der Waals surface area (Å²) in [5.41, 5.74) is 1.87. The molecule has 1 atom stereocenters. The standard InChI is InChI=1S/C25H25N5O4S/c1-17-8-9-20(15-23(17)35(33,34)29-12-3-4-13-29)22-10-11-24(31)30(28-22)18(2)25(32)27-21-7-5-6-19(14-21)16-26/h5-11,14-15,18H,3-4,12-13H2,1-2H3,(H,27,32)/t18-/m1/s1. The van der Waals surface area contributed by atoms with Crippen LogP contribution in [0, 0.1) is 18.3 Å². The minimum absolute atomic E-state index is 0.208. The molecule has 1 saturated heterocycles. The number of rotatable bonds is 6. The fourth-order valence-corrected chi connectivity index (χ4v) is 5.75. The zero-order chi connectivity index (χ0) is 25.2. The lowest BCUT2D eigenvalue weighted by Crippen LogP contribution is -2.33. The Labute approximate surface area is 203 Å². The average molecular weight is 492 g/mol. The average Bonchev–Trinajstić information content (AvgIpc) is 3.40. The zero-order valence-electron chi connectivity index (χ0n) is 19.4. The Hall–Kier alpha value is -3.81. The van der Waals surface area contributed by atoms with Crippen molar-refractivity contribution in [2.75, 3.05) is 18.4 Å². The van der Waals surface area contributed by atoms with Crippen LogP contribution < -0.4 is 10.9 Å². The molecule has 1 fully saturated rings. The van der Waals surface area contributed by atoms with Crippen LogP contribution in [-0.2, 0) is 14.8 Å². The third kappa shape index (κ3) is 5.01. The maximum absolute atomic E-state index is 13.2. The maximum atomic E-state index is 13.2. The van der Waals surface area contributed by atoms with Gasteiger partial charge in [0.2, 0.25) is 15.9 Å². The molecule has 0 unspecified atom stereocenters. The number of amides is 1. The molecule has 0 saturated carbocycles. The minimum Gasteiger partial charge on any atom is -0.324 e. The van der Waals surface area contributed by atoms with E-state index in [1.165, 1.54) is 22.5 Å². The molecule has 4 rings (SSSR count). The highest BCUT2D eigenvalue weighted by Crippen LogP contribution is 2.28. The van der Waals surface area contributed by atoms with E-state index in [1.54, 1.807) is 50.2 Å². The normalized spacial score (nSPS) is 14.9. The Balaban J connectivity index is 1.65. The number of hydrogen-bond acceptors (Lipinski definition) is 6. The summed E-state index contributed by atoms with van der Waals surface area (Å²) in [6.07, 6.45) is 1.68. The second kappa shape index (κ2) is 9.82. The van der Waals surface area contributed by atoms with Crippen LogP contribution in [0.15, 0.2) is 64.3 Å². The lowest BCUT2D eigenvalue weighted by atomic mass is 10.1. The van der Waals surface area contributed by atoms with Crippen molar-refractivity contribution in [1.82, 2.24) is 14.1 Å². The molecule has 0 spiro atoms. The van der Waals surface area contributed by atoms with E-state index in [0.29, 0.717) is 41.2 Å². The molecule has 1 aliphatic heterocycles. The summed E-state index contributed by atoms with van der Waals surface area (Å²) in [4.78, 5) is 25.5. The number of anilines is 1. The zero-order valence-corrected chi connectivity index (χ0v) is 20.2. The molecule has 35 heavy (non-hydrogen) atoms. The Morgan fingerprint density at radius 2 is 1.86 bits per heavy atom. The summed E-state index contributed by atoms with van der Waals surface area (Å²) in [5, 5.41) is 16.1. The molecule has 1 aliphatic rings. The van der Waals surface area contributed by atoms with E-state index in [-0.39, 0.29) is 4.90 Å². The summed E-state index contributed by atoms with van der Waals surface area (Å²) < 4.78 is 28.9. The number of nitrogens with one attached hydrogen (secondary N) is 1. The van der Waals surface area contributed by atoms with Crippen molar-refractivity contribution in [1.29, 1.82) is 5.26 Å². The highest BCUT2D eigenvalue weighted by atomic mass is 32.2. The van der Waals surface area contributed by atoms with E-state index >= 15 is 0 Å². The highest BCUT2D eigenvalue weighted by Gasteiger charge is 2.29. The van der Waals surface area contributed by atoms with Gasteiger partial charge in [-0.2, -0.15) is 14.7 Å². The number of carbonyl (C=O) groups is 1. The molecule has 0 radical (unpaired) electrons. The molecule has 180 valence electrons. The van der Waals surface area contributed by atoms with Crippen molar-refractivity contribution >= 4 is 21.6 Å². The van der Waals surface area contributed by atoms with E-state index in [1.807, 2.05) is 6.07 Å². The van der Waals surface area contributed by atoms with Gasteiger partial charge < -0.3 is 5.32 Å². The summed E-state index contributed by atoms with van der Waals surface area (Å²) in [6, 6.07) is 15.3. The molecule has 3 aromatic rings. The SMILES string of the molecule is Cc1ccc(-c2ccc(=O)n([C@H](C)C(=O)Nc3cccc(C#N)c3)n2)cc1S(=O)(=O)N1CCCC1. The number of sulfonamides is 1. The van der Waals surface area contributed by atoms with Gasteiger partial charge in [0.1, 0.15) is 6.04 Å². The molecule has 1 amide bonds. The van der Waals surface area contributed by atoms with Gasteiger partial charge in [-0.05, 0) is 62.6 Å². The number of nitriles is 1. The highest BCUT2D eigenvalue weighted by molar-refractivity contribution is 7.89. The van der Waals surface area contributed by atoms with Crippen molar-refractivity contribution in [3.63, 3.8) is 0 Å². The van der Waals surface area contributed by atoms with Crippen molar-refractivity contribution in [3.8, 4) is 17.3 Å². The van der Waals surface area contributed by atoms with Crippen molar-refractivity contribution in [2.45, 2.75) is 37.6 Å². The van der Waals surface area contributed by atoms with Gasteiger partial charge in [0, 0.05) is 30.4 Å². The Bertz CT molecular complexity index is 1480. The van der Waals surface area contributed by atoms with Crippen LogP contribution in [0.5, 0.6) is 0 Å². The van der Waals surface area contributed by atoms with Crippen LogP contribution in [0.1, 0.15) is 36.9 Å². The van der Waals surface area contributed by atoms with Crippen LogP contribution in [0.2, 0.25) is 0 Å². The second-order valence-electron chi connectivity index (χ2n) is 8.45. The number of nitrogens with zero attached hydrogens (tertiary/aromatic N) is 4. The summed E-state index contributed by atoms with van der Waals surface area (Å²) in [5.74, 6) is -0.479. The van der Waals surface area contributed by atoms with Gasteiger partial charge in [-0.15, -0.1) is 0 Å². The molecule has 0 bridgehead atoms. The van der Waals surface area contributed by atoms with E-state index in [9.17, 15) is 18.0 Å². The number of hydrogen-bond donors (Lipinski definition) is 1. The van der Waals surface area contributed by atoms with Gasteiger partial charge >= 0.3 is 0 Å². The third-order valence-electron chi connectivity index (χ3n) is 6.00. The fourth-order valence-electron chi connectivity index (χ4n) is 3.99. The van der Waals surface area contributed by atoms with Crippen LogP contribution in [0.25, 0.3) is 11.3 Å². The molecule has 10 heteroatoms. The minimum atomic E-state index is -3.64. The first-order chi connectivity index (χ1) is 16.7. The lowest BCUT2D eigenvalue weighted by Gasteiger charge is -2.18. The number of aromatic nitrogens is 2. The Morgan fingerprint density at radius 3 is 2.57 bits per heavy atom. The summed E-state index contributed by atoms with van der Waals surface area (Å²) >= 11 is 0. The number of carbonyl (C=O) groups excluding carboxylic acids is 1. The largest absolute Gasteiger partial charge is 0.324 e. The van der Waals surface area contributed by atoms with Crippen LogP contribution >= 0.6 is 0 Å². The van der Waals surface area contributed by atoms with Gasteiger partial charge in [-0.25, -0.2) is 13.1 Å².